The number of nitrogens with one attached hydrogen (secondary N) is 2. The summed E-state index contributed by atoms with van der Waals surface area (Å²) in [4.78, 5) is 27.6. The molecule has 0 saturated carbocycles. The Kier molecular flexibility index (Phi) is 8.02. The Bertz CT molecular complexity index is 1130. The number of nitrogens with zero attached hydrogens (tertiary/aromatic N) is 1. The summed E-state index contributed by atoms with van der Waals surface area (Å²) < 4.78 is 28.6. The van der Waals surface area contributed by atoms with E-state index in [1.54, 1.807) is 43.0 Å². The molecule has 2 aromatic rings. The lowest BCUT2D eigenvalue weighted by molar-refractivity contribution is -0.124. The number of carbonyl (C=O) groups excluding carboxylic acids is 2. The molecule has 1 saturated heterocycles. The Morgan fingerprint density at radius 1 is 1.06 bits per heavy atom. The van der Waals surface area contributed by atoms with Crippen LogP contribution in [0, 0.1) is 26.7 Å². The summed E-state index contributed by atoms with van der Waals surface area (Å²) in [5.41, 5.74) is 3.17. The Morgan fingerprint density at radius 2 is 1.68 bits per heavy atom. The van der Waals surface area contributed by atoms with Crippen LogP contribution >= 0.6 is 0 Å². The number of rotatable bonds is 8. The van der Waals surface area contributed by atoms with Crippen molar-refractivity contribution < 1.29 is 18.0 Å². The maximum atomic E-state index is 13.1. The zero-order valence-corrected chi connectivity index (χ0v) is 21.5. The first-order valence-corrected chi connectivity index (χ1v) is 13.3. The molecule has 0 radical (unpaired) electrons. The minimum absolute atomic E-state index is 0.111. The lowest BCUT2D eigenvalue weighted by Gasteiger charge is -2.24. The summed E-state index contributed by atoms with van der Waals surface area (Å²) in [5.74, 6) is 0.164. The average molecular weight is 486 g/mol. The molecular weight excluding hydrogens is 450 g/mol. The first kappa shape index (κ1) is 25.7. The normalized spacial score (nSPS) is 16.1. The predicted molar refractivity (Wildman–Crippen MR) is 134 cm³/mol. The van der Waals surface area contributed by atoms with E-state index < -0.39 is 16.1 Å². The number of amides is 2. The van der Waals surface area contributed by atoms with E-state index in [-0.39, 0.29) is 16.7 Å². The second-order valence-corrected chi connectivity index (χ2v) is 11.2. The highest BCUT2D eigenvalue weighted by Gasteiger charge is 2.34. The Labute approximate surface area is 203 Å². The summed E-state index contributed by atoms with van der Waals surface area (Å²) in [6.07, 6.45) is 2.32. The molecule has 184 valence electrons. The summed E-state index contributed by atoms with van der Waals surface area (Å²) in [6.45, 7) is 10.8. The number of sulfonamides is 1. The summed E-state index contributed by atoms with van der Waals surface area (Å²) in [6, 6.07) is 9.57. The van der Waals surface area contributed by atoms with E-state index in [4.69, 9.17) is 0 Å². The van der Waals surface area contributed by atoms with Crippen LogP contribution in [0.3, 0.4) is 0 Å². The van der Waals surface area contributed by atoms with Crippen LogP contribution in [0.2, 0.25) is 0 Å². The minimum atomic E-state index is -3.77. The van der Waals surface area contributed by atoms with E-state index in [2.05, 4.69) is 23.9 Å². The van der Waals surface area contributed by atoms with Gasteiger partial charge in [0.15, 0.2) is 0 Å². The number of carbonyl (C=O) groups is 2. The van der Waals surface area contributed by atoms with Crippen LogP contribution in [0.1, 0.15) is 60.2 Å². The number of likely N-dealkylation sites (tertiary alicyclic amines) is 1. The minimum Gasteiger partial charge on any atom is -0.354 e. The van der Waals surface area contributed by atoms with Crippen molar-refractivity contribution in [2.45, 2.75) is 64.8 Å². The van der Waals surface area contributed by atoms with Crippen molar-refractivity contribution in [1.29, 1.82) is 0 Å². The molecule has 0 unspecified atom stereocenters. The number of anilines is 1. The van der Waals surface area contributed by atoms with Gasteiger partial charge < -0.3 is 10.2 Å². The predicted octanol–water partition coefficient (Wildman–Crippen LogP) is 4.18. The topological polar surface area (TPSA) is 95.6 Å². The van der Waals surface area contributed by atoms with Crippen molar-refractivity contribution >= 4 is 27.5 Å². The zero-order valence-electron chi connectivity index (χ0n) is 20.6. The fraction of sp³-hybridized carbons (Fsp3) is 0.462. The van der Waals surface area contributed by atoms with Gasteiger partial charge in [-0.25, -0.2) is 8.42 Å². The first-order chi connectivity index (χ1) is 16.0. The standard InChI is InChI=1S/C26H35N3O4S/c1-17(2)12-13-27-25(30)23-7-6-14-29(23)26(31)21-8-10-22(11-9-21)28-34(32,33)24-19(4)15-18(3)16-20(24)5/h8-11,15-17,23,28H,6-7,12-14H2,1-5H3,(H,27,30)/t23-/m0/s1. The van der Waals surface area contributed by atoms with Crippen LogP contribution < -0.4 is 10.0 Å². The Hall–Kier alpha value is -2.87. The van der Waals surface area contributed by atoms with Crippen molar-refractivity contribution in [1.82, 2.24) is 10.2 Å². The molecule has 0 aromatic heterocycles. The van der Waals surface area contributed by atoms with Gasteiger partial charge in [0.2, 0.25) is 5.91 Å². The third kappa shape index (κ3) is 5.97. The van der Waals surface area contributed by atoms with Gasteiger partial charge in [0.05, 0.1) is 4.90 Å². The quantitative estimate of drug-likeness (QED) is 0.586. The summed E-state index contributed by atoms with van der Waals surface area (Å²) in [7, 11) is -3.77. The summed E-state index contributed by atoms with van der Waals surface area (Å²) in [5, 5.41) is 2.95. The van der Waals surface area contributed by atoms with E-state index >= 15 is 0 Å². The largest absolute Gasteiger partial charge is 0.354 e. The van der Waals surface area contributed by atoms with E-state index in [1.165, 1.54) is 0 Å². The molecule has 1 aliphatic rings. The van der Waals surface area contributed by atoms with Crippen LogP contribution in [-0.4, -0.2) is 44.3 Å². The molecular formula is C26H35N3O4S. The molecule has 0 spiro atoms. The maximum absolute atomic E-state index is 13.1. The molecule has 8 heteroatoms. The van der Waals surface area contributed by atoms with Gasteiger partial charge in [0.25, 0.3) is 15.9 Å². The molecule has 7 nitrogen and oxygen atoms in total. The van der Waals surface area contributed by atoms with Crippen LogP contribution in [0.5, 0.6) is 0 Å². The third-order valence-corrected chi connectivity index (χ3v) is 7.78. The number of hydrogen-bond donors (Lipinski definition) is 2. The molecule has 1 aliphatic heterocycles. The van der Waals surface area contributed by atoms with Gasteiger partial charge in [-0.15, -0.1) is 0 Å². The van der Waals surface area contributed by atoms with Gasteiger partial charge in [-0.1, -0.05) is 31.5 Å². The molecule has 3 rings (SSSR count). The second kappa shape index (κ2) is 10.6. The lowest BCUT2D eigenvalue weighted by atomic mass is 10.1. The molecule has 1 fully saturated rings. The maximum Gasteiger partial charge on any atom is 0.262 e. The van der Waals surface area contributed by atoms with Gasteiger partial charge in [0, 0.05) is 24.3 Å². The van der Waals surface area contributed by atoms with Crippen LogP contribution in [0.25, 0.3) is 0 Å². The van der Waals surface area contributed by atoms with Gasteiger partial charge >= 0.3 is 0 Å². The first-order valence-electron chi connectivity index (χ1n) is 11.8. The SMILES string of the molecule is Cc1cc(C)c(S(=O)(=O)Nc2ccc(C(=O)N3CCC[C@H]3C(=O)NCCC(C)C)cc2)c(C)c1. The molecule has 2 aromatic carbocycles. The molecule has 0 bridgehead atoms. The smallest absolute Gasteiger partial charge is 0.262 e. The molecule has 1 atom stereocenters. The third-order valence-electron chi connectivity index (χ3n) is 6.09. The van der Waals surface area contributed by atoms with Crippen molar-refractivity contribution in [2.75, 3.05) is 17.8 Å². The molecule has 2 amide bonds. The Morgan fingerprint density at radius 3 is 2.26 bits per heavy atom. The summed E-state index contributed by atoms with van der Waals surface area (Å²) >= 11 is 0. The highest BCUT2D eigenvalue weighted by Crippen LogP contribution is 2.25. The average Bonchev–Trinajstić information content (AvgIpc) is 3.22. The second-order valence-electron chi connectivity index (χ2n) is 9.54. The highest BCUT2D eigenvalue weighted by molar-refractivity contribution is 7.92. The number of benzene rings is 2. The highest BCUT2D eigenvalue weighted by atomic mass is 32.2. The van der Waals surface area contributed by atoms with Gasteiger partial charge in [-0.2, -0.15) is 0 Å². The van der Waals surface area contributed by atoms with Gasteiger partial charge in [0.1, 0.15) is 6.04 Å². The van der Waals surface area contributed by atoms with Crippen LogP contribution in [0.15, 0.2) is 41.3 Å². The Balaban J connectivity index is 1.70. The van der Waals surface area contributed by atoms with Crippen molar-refractivity contribution in [3.05, 3.63) is 58.7 Å². The van der Waals surface area contributed by atoms with Crippen molar-refractivity contribution in [3.63, 3.8) is 0 Å². The number of hydrogen-bond acceptors (Lipinski definition) is 4. The van der Waals surface area contributed by atoms with E-state index in [0.717, 1.165) is 18.4 Å². The van der Waals surface area contributed by atoms with Gasteiger partial charge in [-0.05, 0) is 81.3 Å². The van der Waals surface area contributed by atoms with Crippen LogP contribution in [-0.2, 0) is 14.8 Å². The lowest BCUT2D eigenvalue weighted by Crippen LogP contribution is -2.46. The fourth-order valence-electron chi connectivity index (χ4n) is 4.53. The molecule has 2 N–H and O–H groups in total. The molecule has 0 aliphatic carbocycles. The van der Waals surface area contributed by atoms with E-state index in [9.17, 15) is 18.0 Å². The zero-order chi connectivity index (χ0) is 25.0. The van der Waals surface area contributed by atoms with E-state index in [0.29, 0.717) is 47.8 Å². The van der Waals surface area contributed by atoms with Crippen molar-refractivity contribution in [2.24, 2.45) is 5.92 Å². The van der Waals surface area contributed by atoms with E-state index in [1.807, 2.05) is 19.1 Å². The molecule has 1 heterocycles. The van der Waals surface area contributed by atoms with Gasteiger partial charge in [-0.3, -0.25) is 14.3 Å². The fourth-order valence-corrected chi connectivity index (χ4v) is 6.04. The van der Waals surface area contributed by atoms with Crippen LogP contribution in [0.4, 0.5) is 5.69 Å². The van der Waals surface area contributed by atoms with Crippen molar-refractivity contribution in [3.8, 4) is 0 Å². The monoisotopic (exact) mass is 485 g/mol. The molecule has 34 heavy (non-hydrogen) atoms. The number of aryl methyl sites for hydroxylation is 3.